The van der Waals surface area contributed by atoms with Crippen molar-refractivity contribution in [2.75, 3.05) is 6.61 Å². The van der Waals surface area contributed by atoms with Crippen molar-refractivity contribution < 1.29 is 22.3 Å². The van der Waals surface area contributed by atoms with Gasteiger partial charge >= 0.3 is 6.18 Å². The van der Waals surface area contributed by atoms with Gasteiger partial charge in [-0.1, -0.05) is 12.1 Å². The molecule has 2 fully saturated rings. The molecule has 0 aromatic heterocycles. The third-order valence-corrected chi connectivity index (χ3v) is 5.93. The second-order valence-corrected chi connectivity index (χ2v) is 7.91. The van der Waals surface area contributed by atoms with E-state index >= 15 is 0 Å². The lowest BCUT2D eigenvalue weighted by Crippen LogP contribution is -2.36. The van der Waals surface area contributed by atoms with Gasteiger partial charge in [0.2, 0.25) is 0 Å². The smallest absolute Gasteiger partial charge is 0.422 e. The lowest BCUT2D eigenvalue weighted by atomic mass is 9.96. The maximum absolute atomic E-state index is 14.2. The molecule has 8 heteroatoms. The third kappa shape index (κ3) is 4.13. The summed E-state index contributed by atoms with van der Waals surface area (Å²) in [6.45, 7) is -0.822. The minimum atomic E-state index is -4.49. The van der Waals surface area contributed by atoms with Gasteiger partial charge in [-0.15, -0.1) is 0 Å². The monoisotopic (exact) mass is 419 g/mol. The molecule has 2 heterocycles. The quantitative estimate of drug-likeness (QED) is 0.731. The van der Waals surface area contributed by atoms with E-state index in [9.17, 15) is 17.6 Å². The van der Waals surface area contributed by atoms with Crippen LogP contribution in [0.25, 0.3) is 11.1 Å². The molecule has 2 aromatic rings. The Morgan fingerprint density at radius 2 is 1.97 bits per heavy atom. The molecule has 2 saturated heterocycles. The van der Waals surface area contributed by atoms with E-state index in [1.165, 1.54) is 18.2 Å². The van der Waals surface area contributed by atoms with Crippen LogP contribution in [0, 0.1) is 17.1 Å². The molecule has 0 radical (unpaired) electrons. The zero-order valence-corrected chi connectivity index (χ0v) is 16.1. The number of ether oxygens (including phenoxy) is 1. The van der Waals surface area contributed by atoms with Crippen LogP contribution in [0.1, 0.15) is 30.4 Å². The maximum Gasteiger partial charge on any atom is 0.422 e. The number of rotatable bonds is 5. The minimum Gasteiger partial charge on any atom is -0.483 e. The van der Waals surface area contributed by atoms with Gasteiger partial charge in [0, 0.05) is 30.2 Å². The van der Waals surface area contributed by atoms with Crippen molar-refractivity contribution in [2.45, 2.75) is 50.1 Å². The average molecular weight is 419 g/mol. The predicted octanol–water partition coefficient (Wildman–Crippen LogP) is 4.37. The highest BCUT2D eigenvalue weighted by molar-refractivity contribution is 5.72. The molecule has 2 aliphatic rings. The first-order valence-electron chi connectivity index (χ1n) is 9.79. The second-order valence-electron chi connectivity index (χ2n) is 7.91. The van der Waals surface area contributed by atoms with Crippen molar-refractivity contribution in [1.29, 1.82) is 5.26 Å². The molecular formula is C22H21F4N3O. The molecule has 4 rings (SSSR count). The summed E-state index contributed by atoms with van der Waals surface area (Å²) in [4.78, 5) is 2.35. The van der Waals surface area contributed by atoms with Gasteiger partial charge < -0.3 is 10.5 Å². The third-order valence-electron chi connectivity index (χ3n) is 5.93. The lowest BCUT2D eigenvalue weighted by molar-refractivity contribution is -0.153. The Morgan fingerprint density at radius 1 is 1.17 bits per heavy atom. The largest absolute Gasteiger partial charge is 0.483 e. The van der Waals surface area contributed by atoms with Crippen LogP contribution in [0.2, 0.25) is 0 Å². The molecule has 0 spiro atoms. The summed E-state index contributed by atoms with van der Waals surface area (Å²) < 4.78 is 57.2. The fourth-order valence-corrected chi connectivity index (χ4v) is 4.57. The summed E-state index contributed by atoms with van der Waals surface area (Å²) in [6.07, 6.45) is -1.40. The van der Waals surface area contributed by atoms with Crippen LogP contribution < -0.4 is 10.5 Å². The van der Waals surface area contributed by atoms with Crippen LogP contribution in [0.3, 0.4) is 0 Å². The number of halogens is 4. The Morgan fingerprint density at radius 3 is 2.57 bits per heavy atom. The summed E-state index contributed by atoms with van der Waals surface area (Å²) >= 11 is 0. The molecule has 2 N–H and O–H groups in total. The topological polar surface area (TPSA) is 62.3 Å². The zero-order valence-electron chi connectivity index (χ0n) is 16.1. The molecule has 2 bridgehead atoms. The maximum atomic E-state index is 14.2. The standard InChI is InChI=1S/C22H21F4N3O/c23-18-8-14(2-3-15(18)10-27)17-7-13(1-6-21(17)30-12-22(24,25)26)11-29-16-4-5-20(29)19(28)9-16/h1-3,6-8,16,19-20H,4-5,9,11-12,28H2/t16-,19+,20+/m1/s1. The summed E-state index contributed by atoms with van der Waals surface area (Å²) in [5.41, 5.74) is 7.67. The van der Waals surface area contributed by atoms with Crippen molar-refractivity contribution >= 4 is 0 Å². The number of nitrogens with two attached hydrogens (primary N) is 1. The van der Waals surface area contributed by atoms with Gasteiger partial charge in [0.05, 0.1) is 5.56 Å². The normalized spacial score (nSPS) is 23.5. The average Bonchev–Trinajstić information content (AvgIpc) is 3.21. The Bertz CT molecular complexity index is 985. The number of fused-ring (bicyclic) bond motifs is 2. The molecule has 30 heavy (non-hydrogen) atoms. The van der Waals surface area contributed by atoms with Crippen LogP contribution in [-0.2, 0) is 6.54 Å². The van der Waals surface area contributed by atoms with Gasteiger partial charge in [0.15, 0.2) is 6.61 Å². The highest BCUT2D eigenvalue weighted by Gasteiger charge is 2.44. The Balaban J connectivity index is 1.66. The number of hydrogen-bond acceptors (Lipinski definition) is 4. The van der Waals surface area contributed by atoms with Crippen molar-refractivity contribution in [1.82, 2.24) is 4.90 Å². The highest BCUT2D eigenvalue weighted by Crippen LogP contribution is 2.39. The van der Waals surface area contributed by atoms with Crippen LogP contribution in [0.15, 0.2) is 36.4 Å². The van der Waals surface area contributed by atoms with Crippen molar-refractivity contribution in [3.05, 3.63) is 53.3 Å². The highest BCUT2D eigenvalue weighted by atomic mass is 19.4. The van der Waals surface area contributed by atoms with Crippen LogP contribution in [0.4, 0.5) is 17.6 Å². The van der Waals surface area contributed by atoms with E-state index in [0.29, 0.717) is 29.8 Å². The molecule has 4 nitrogen and oxygen atoms in total. The van der Waals surface area contributed by atoms with E-state index in [4.69, 9.17) is 15.7 Å². The lowest BCUT2D eigenvalue weighted by Gasteiger charge is -2.23. The van der Waals surface area contributed by atoms with Crippen LogP contribution >= 0.6 is 0 Å². The number of nitriles is 1. The van der Waals surface area contributed by atoms with E-state index < -0.39 is 18.6 Å². The molecular weight excluding hydrogens is 398 g/mol. The molecule has 0 saturated carbocycles. The molecule has 158 valence electrons. The summed E-state index contributed by atoms with van der Waals surface area (Å²) in [5, 5.41) is 8.93. The molecule has 0 aliphatic carbocycles. The van der Waals surface area contributed by atoms with Gasteiger partial charge in [-0.25, -0.2) is 4.39 Å². The number of alkyl halides is 3. The van der Waals surface area contributed by atoms with Crippen molar-refractivity contribution in [2.24, 2.45) is 5.73 Å². The number of nitrogens with zero attached hydrogens (tertiary/aromatic N) is 2. The second kappa shape index (κ2) is 7.89. The molecule has 2 aliphatic heterocycles. The molecule has 0 unspecified atom stereocenters. The predicted molar refractivity (Wildman–Crippen MR) is 103 cm³/mol. The van der Waals surface area contributed by atoms with Gasteiger partial charge in [-0.05, 0) is 54.7 Å². The Labute approximate surface area is 171 Å². The molecule has 3 atom stereocenters. The van der Waals surface area contributed by atoms with Gasteiger partial charge in [-0.3, -0.25) is 4.90 Å². The first-order chi connectivity index (χ1) is 14.2. The van der Waals surface area contributed by atoms with E-state index in [2.05, 4.69) is 4.90 Å². The summed E-state index contributed by atoms with van der Waals surface area (Å²) in [7, 11) is 0. The van der Waals surface area contributed by atoms with Crippen molar-refractivity contribution in [3.8, 4) is 22.9 Å². The number of benzene rings is 2. The summed E-state index contributed by atoms with van der Waals surface area (Å²) in [5.74, 6) is -0.716. The fraction of sp³-hybridized carbons (Fsp3) is 0.409. The fourth-order valence-electron chi connectivity index (χ4n) is 4.57. The Hall–Kier alpha value is -2.63. The van der Waals surface area contributed by atoms with E-state index in [-0.39, 0.29) is 17.4 Å². The van der Waals surface area contributed by atoms with Crippen LogP contribution in [0.5, 0.6) is 5.75 Å². The first kappa shape index (κ1) is 20.6. The van der Waals surface area contributed by atoms with Crippen molar-refractivity contribution in [3.63, 3.8) is 0 Å². The van der Waals surface area contributed by atoms with Crippen LogP contribution in [-0.4, -0.2) is 35.8 Å². The van der Waals surface area contributed by atoms with E-state index in [1.54, 1.807) is 18.2 Å². The first-order valence-corrected chi connectivity index (χ1v) is 9.79. The molecule has 0 amide bonds. The molecule has 2 aromatic carbocycles. The van der Waals surface area contributed by atoms with E-state index in [0.717, 1.165) is 30.9 Å². The minimum absolute atomic E-state index is 0.0151. The Kier molecular flexibility index (Phi) is 5.43. The SMILES string of the molecule is N#Cc1ccc(-c2cc(CN3[C@@H]4CC[C@H]3[C@@H](N)C4)ccc2OCC(F)(F)F)cc1F. The summed E-state index contributed by atoms with van der Waals surface area (Å²) in [6, 6.07) is 11.5. The number of hydrogen-bond donors (Lipinski definition) is 1. The van der Waals surface area contributed by atoms with Gasteiger partial charge in [0.1, 0.15) is 17.6 Å². The van der Waals surface area contributed by atoms with Gasteiger partial charge in [-0.2, -0.15) is 18.4 Å². The zero-order chi connectivity index (χ0) is 21.5. The van der Waals surface area contributed by atoms with Gasteiger partial charge in [0.25, 0.3) is 0 Å². The van der Waals surface area contributed by atoms with E-state index in [1.807, 2.05) is 0 Å².